The Morgan fingerprint density at radius 2 is 1.97 bits per heavy atom. The highest BCUT2D eigenvalue weighted by Crippen LogP contribution is 2.40. The van der Waals surface area contributed by atoms with E-state index in [0.717, 1.165) is 24.4 Å². The van der Waals surface area contributed by atoms with Crippen molar-refractivity contribution in [3.05, 3.63) is 59.7 Å². The van der Waals surface area contributed by atoms with E-state index in [1.807, 2.05) is 6.92 Å². The first-order valence-corrected chi connectivity index (χ1v) is 10.9. The van der Waals surface area contributed by atoms with Crippen molar-refractivity contribution in [3.63, 3.8) is 0 Å². The summed E-state index contributed by atoms with van der Waals surface area (Å²) in [4.78, 5) is 24.9. The van der Waals surface area contributed by atoms with Gasteiger partial charge in [-0.1, -0.05) is 12.2 Å². The number of ether oxygens (including phenoxy) is 1. The van der Waals surface area contributed by atoms with Gasteiger partial charge < -0.3 is 9.64 Å². The number of hydrogen-bond acceptors (Lipinski definition) is 6. The standard InChI is InChI=1S/C23H25F3N6O2/c1-4-5-17(23(24,25)26)12-27-15(3)34-20-11-16-10-19(20)31(13-16)22(33)18-7-6-14(2)30-21(18)32-28-8-9-29-32/h4-9,12,16,19-20H,10-11,13H2,1-3H3/b5-4+,17-12+,27-15+. The highest BCUT2D eigenvalue weighted by atomic mass is 19.4. The van der Waals surface area contributed by atoms with Gasteiger partial charge in [0.15, 0.2) is 11.7 Å². The number of allylic oxidation sites excluding steroid dienone is 3. The van der Waals surface area contributed by atoms with Crippen LogP contribution in [0.2, 0.25) is 0 Å². The summed E-state index contributed by atoms with van der Waals surface area (Å²) in [5, 5.41) is 8.21. The molecular weight excluding hydrogens is 449 g/mol. The van der Waals surface area contributed by atoms with Gasteiger partial charge >= 0.3 is 6.18 Å². The number of carbonyl (C=O) groups is 1. The number of fused-ring (bicyclic) bond motifs is 2. The van der Waals surface area contributed by atoms with Crippen LogP contribution in [0.15, 0.2) is 53.4 Å². The summed E-state index contributed by atoms with van der Waals surface area (Å²) in [5.74, 6) is 0.514. The van der Waals surface area contributed by atoms with Crippen LogP contribution < -0.4 is 0 Å². The predicted octanol–water partition coefficient (Wildman–Crippen LogP) is 4.03. The van der Waals surface area contributed by atoms with Crippen molar-refractivity contribution in [3.8, 4) is 5.82 Å². The van der Waals surface area contributed by atoms with E-state index in [2.05, 4.69) is 20.2 Å². The number of likely N-dealkylation sites (tertiary alicyclic amines) is 1. The average Bonchev–Trinajstić information content (AvgIpc) is 3.52. The smallest absolute Gasteiger partial charge is 0.417 e. The van der Waals surface area contributed by atoms with Crippen molar-refractivity contribution in [1.82, 2.24) is 24.9 Å². The predicted molar refractivity (Wildman–Crippen MR) is 118 cm³/mol. The quantitative estimate of drug-likeness (QED) is 0.371. The number of aliphatic imine (C=N–C) groups is 1. The summed E-state index contributed by atoms with van der Waals surface area (Å²) in [6.45, 7) is 5.42. The maximum Gasteiger partial charge on any atom is 0.417 e. The maximum atomic E-state index is 13.5. The molecule has 0 aromatic carbocycles. The number of hydrogen-bond donors (Lipinski definition) is 0. The van der Waals surface area contributed by atoms with Crippen LogP contribution >= 0.6 is 0 Å². The molecule has 0 radical (unpaired) electrons. The second kappa shape index (κ2) is 9.40. The first kappa shape index (κ1) is 23.7. The highest BCUT2D eigenvalue weighted by molar-refractivity contribution is 5.97. The number of pyridine rings is 1. The molecule has 2 aromatic rings. The molecule has 4 rings (SSSR count). The SMILES string of the molecule is C/C=C/C(=C\N=C(/C)OC1CC2CC1N(C(=O)c1ccc(C)nc1-n1nccn1)C2)C(F)(F)F. The largest absolute Gasteiger partial charge is 0.475 e. The second-order valence-electron chi connectivity index (χ2n) is 8.39. The molecule has 1 aliphatic heterocycles. The summed E-state index contributed by atoms with van der Waals surface area (Å²) in [6.07, 6.45) is 2.66. The number of aryl methyl sites for hydroxylation is 1. The average molecular weight is 474 g/mol. The molecule has 3 atom stereocenters. The van der Waals surface area contributed by atoms with Crippen molar-refractivity contribution in [2.45, 2.75) is 51.9 Å². The third-order valence-electron chi connectivity index (χ3n) is 5.92. The van der Waals surface area contributed by atoms with E-state index in [4.69, 9.17) is 4.74 Å². The van der Waals surface area contributed by atoms with Gasteiger partial charge in [0.2, 0.25) is 0 Å². The zero-order valence-electron chi connectivity index (χ0n) is 19.0. The van der Waals surface area contributed by atoms with Crippen LogP contribution in [0.1, 0.15) is 42.7 Å². The number of rotatable bonds is 5. The molecule has 3 unspecified atom stereocenters. The Hall–Kier alpha value is -3.50. The Morgan fingerprint density at radius 3 is 2.62 bits per heavy atom. The van der Waals surface area contributed by atoms with E-state index in [0.29, 0.717) is 24.3 Å². The lowest BCUT2D eigenvalue weighted by Gasteiger charge is -2.33. The Kier molecular flexibility index (Phi) is 6.54. The van der Waals surface area contributed by atoms with Crippen LogP contribution in [-0.2, 0) is 4.74 Å². The normalized spacial score (nSPS) is 23.2. The van der Waals surface area contributed by atoms with Crippen LogP contribution in [0.4, 0.5) is 13.2 Å². The number of piperidine rings is 1. The van der Waals surface area contributed by atoms with Gasteiger partial charge in [-0.3, -0.25) is 4.79 Å². The van der Waals surface area contributed by atoms with Gasteiger partial charge in [0.1, 0.15) is 6.10 Å². The minimum absolute atomic E-state index is 0.120. The van der Waals surface area contributed by atoms with E-state index in [-0.39, 0.29) is 29.9 Å². The van der Waals surface area contributed by atoms with Crippen LogP contribution in [-0.4, -0.2) is 61.5 Å². The molecule has 2 fully saturated rings. The van der Waals surface area contributed by atoms with Crippen LogP contribution in [0.5, 0.6) is 0 Å². The molecule has 2 aliphatic rings. The lowest BCUT2D eigenvalue weighted by Crippen LogP contribution is -2.46. The Bertz CT molecular complexity index is 1140. The highest BCUT2D eigenvalue weighted by Gasteiger charge is 2.49. The summed E-state index contributed by atoms with van der Waals surface area (Å²) < 4.78 is 45.1. The fourth-order valence-corrected chi connectivity index (χ4v) is 4.47. The van der Waals surface area contributed by atoms with Crippen LogP contribution in [0.3, 0.4) is 0 Å². The van der Waals surface area contributed by atoms with Gasteiger partial charge in [-0.25, -0.2) is 9.98 Å². The van der Waals surface area contributed by atoms with E-state index in [1.54, 1.807) is 17.0 Å². The zero-order chi connectivity index (χ0) is 24.5. The van der Waals surface area contributed by atoms with Gasteiger partial charge in [-0.05, 0) is 44.7 Å². The topological polar surface area (TPSA) is 85.5 Å². The van der Waals surface area contributed by atoms with Gasteiger partial charge in [0.25, 0.3) is 5.91 Å². The number of nitrogens with zero attached hydrogens (tertiary/aromatic N) is 6. The van der Waals surface area contributed by atoms with Crippen LogP contribution in [0.25, 0.3) is 5.82 Å². The Labute approximate surface area is 194 Å². The van der Waals surface area contributed by atoms with Crippen LogP contribution in [0, 0.1) is 12.8 Å². The van der Waals surface area contributed by atoms with Crippen molar-refractivity contribution < 1.29 is 22.7 Å². The fraction of sp³-hybridized carbons (Fsp3) is 0.435. The van der Waals surface area contributed by atoms with Gasteiger partial charge in [0, 0.05) is 25.4 Å². The molecule has 2 bridgehead atoms. The molecule has 0 spiro atoms. The lowest BCUT2D eigenvalue weighted by atomic mass is 10.1. The first-order valence-electron chi connectivity index (χ1n) is 10.9. The molecule has 3 heterocycles. The first-order chi connectivity index (χ1) is 16.2. The summed E-state index contributed by atoms with van der Waals surface area (Å²) >= 11 is 0. The van der Waals surface area contributed by atoms with E-state index >= 15 is 0 Å². The summed E-state index contributed by atoms with van der Waals surface area (Å²) in [6, 6.07) is 3.26. The number of carbonyl (C=O) groups excluding carboxylic acids is 1. The Balaban J connectivity index is 1.52. The molecule has 34 heavy (non-hydrogen) atoms. The van der Waals surface area contributed by atoms with Gasteiger partial charge in [-0.2, -0.15) is 23.4 Å². The van der Waals surface area contributed by atoms with Crippen molar-refractivity contribution in [2.24, 2.45) is 10.9 Å². The summed E-state index contributed by atoms with van der Waals surface area (Å²) in [7, 11) is 0. The van der Waals surface area contributed by atoms with Gasteiger partial charge in [0.05, 0.1) is 29.6 Å². The van der Waals surface area contributed by atoms with E-state index in [9.17, 15) is 18.0 Å². The monoisotopic (exact) mass is 474 g/mol. The number of alkyl halides is 3. The number of amides is 1. The molecule has 180 valence electrons. The molecule has 2 aromatic heterocycles. The zero-order valence-corrected chi connectivity index (χ0v) is 19.0. The van der Waals surface area contributed by atoms with Crippen molar-refractivity contribution in [1.29, 1.82) is 0 Å². The minimum atomic E-state index is -4.50. The molecular formula is C23H25F3N6O2. The molecule has 1 amide bonds. The number of aromatic nitrogens is 4. The Morgan fingerprint density at radius 1 is 1.24 bits per heavy atom. The van der Waals surface area contributed by atoms with E-state index < -0.39 is 11.7 Å². The molecule has 1 aliphatic carbocycles. The fourth-order valence-electron chi connectivity index (χ4n) is 4.47. The van der Waals surface area contributed by atoms with Gasteiger partial charge in [-0.15, -0.1) is 4.80 Å². The number of halogens is 3. The molecule has 11 heteroatoms. The molecule has 8 nitrogen and oxygen atoms in total. The molecule has 0 N–H and O–H groups in total. The second-order valence-corrected chi connectivity index (χ2v) is 8.39. The lowest BCUT2D eigenvalue weighted by molar-refractivity contribution is -0.0883. The van der Waals surface area contributed by atoms with Crippen molar-refractivity contribution >= 4 is 11.8 Å². The summed E-state index contributed by atoms with van der Waals surface area (Å²) in [5.41, 5.74) is 0.237. The van der Waals surface area contributed by atoms with Crippen molar-refractivity contribution in [2.75, 3.05) is 6.54 Å². The molecule has 1 saturated carbocycles. The van der Waals surface area contributed by atoms with E-state index in [1.165, 1.54) is 37.1 Å². The third-order valence-corrected chi connectivity index (χ3v) is 5.92. The molecule has 1 saturated heterocycles. The maximum absolute atomic E-state index is 13.5. The third kappa shape index (κ3) is 4.87. The minimum Gasteiger partial charge on any atom is -0.475 e.